The van der Waals surface area contributed by atoms with Gasteiger partial charge in [-0.05, 0) is 42.4 Å². The molecule has 3 aromatic rings. The topological polar surface area (TPSA) is 52.3 Å². The number of rotatable bonds is 5. The van der Waals surface area contributed by atoms with Gasteiger partial charge in [-0.1, -0.05) is 48.5 Å². The lowest BCUT2D eigenvalue weighted by molar-refractivity contribution is 0.0520. The molecule has 2 aromatic carbocycles. The number of oxazole rings is 1. The molecule has 0 atom stereocenters. The maximum absolute atomic E-state index is 12.1. The van der Waals surface area contributed by atoms with Gasteiger partial charge in [-0.25, -0.2) is 9.78 Å². The van der Waals surface area contributed by atoms with Crippen molar-refractivity contribution in [3.8, 4) is 22.5 Å². The molecule has 4 nitrogen and oxygen atoms in total. The molecule has 0 aliphatic heterocycles. The molecule has 1 aromatic heterocycles. The van der Waals surface area contributed by atoms with E-state index in [1.807, 2.05) is 24.3 Å². The SMILES string of the molecule is CCOC(=O)c1ncoc1-c1ccccc1-c1ccc(C2CC2)cc1. The molecule has 0 spiro atoms. The van der Waals surface area contributed by atoms with Crippen LogP contribution in [-0.4, -0.2) is 17.6 Å². The molecule has 0 saturated heterocycles. The van der Waals surface area contributed by atoms with Gasteiger partial charge in [-0.15, -0.1) is 0 Å². The number of benzene rings is 2. The monoisotopic (exact) mass is 333 g/mol. The van der Waals surface area contributed by atoms with Crippen molar-refractivity contribution in [2.24, 2.45) is 0 Å². The molecule has 0 amide bonds. The average Bonchev–Trinajstić information content (AvgIpc) is 3.38. The summed E-state index contributed by atoms with van der Waals surface area (Å²) >= 11 is 0. The summed E-state index contributed by atoms with van der Waals surface area (Å²) in [5, 5.41) is 0. The maximum atomic E-state index is 12.1. The Kier molecular flexibility index (Phi) is 4.10. The Balaban J connectivity index is 1.75. The summed E-state index contributed by atoms with van der Waals surface area (Å²) in [6, 6.07) is 16.5. The molecule has 0 bridgehead atoms. The Hall–Kier alpha value is -2.88. The molecular weight excluding hydrogens is 314 g/mol. The minimum atomic E-state index is -0.467. The van der Waals surface area contributed by atoms with Gasteiger partial charge in [-0.3, -0.25) is 0 Å². The van der Waals surface area contributed by atoms with Gasteiger partial charge >= 0.3 is 5.97 Å². The van der Waals surface area contributed by atoms with Gasteiger partial charge in [0, 0.05) is 5.56 Å². The molecule has 0 radical (unpaired) electrons. The second-order valence-corrected chi connectivity index (χ2v) is 6.19. The minimum absolute atomic E-state index is 0.212. The zero-order chi connectivity index (χ0) is 17.2. The van der Waals surface area contributed by atoms with Gasteiger partial charge in [-0.2, -0.15) is 0 Å². The molecule has 0 unspecified atom stereocenters. The van der Waals surface area contributed by atoms with Crippen molar-refractivity contribution >= 4 is 5.97 Å². The molecule has 1 fully saturated rings. The summed E-state index contributed by atoms with van der Waals surface area (Å²) in [5.74, 6) is 0.708. The third-order valence-corrected chi connectivity index (χ3v) is 4.48. The first kappa shape index (κ1) is 15.6. The van der Waals surface area contributed by atoms with Crippen LogP contribution in [0.15, 0.2) is 59.3 Å². The molecule has 1 heterocycles. The van der Waals surface area contributed by atoms with E-state index in [4.69, 9.17) is 9.15 Å². The normalized spacial score (nSPS) is 13.6. The standard InChI is InChI=1S/C21H19NO3/c1-2-24-21(23)19-20(25-13-22-19)18-6-4-3-5-17(18)16-11-9-15(10-12-16)14-7-8-14/h3-6,9-14H,2,7-8H2,1H3. The van der Waals surface area contributed by atoms with Crippen LogP contribution in [0.2, 0.25) is 0 Å². The maximum Gasteiger partial charge on any atom is 0.360 e. The van der Waals surface area contributed by atoms with Crippen LogP contribution in [-0.2, 0) is 4.74 Å². The van der Waals surface area contributed by atoms with Gasteiger partial charge in [0.2, 0.25) is 0 Å². The van der Waals surface area contributed by atoms with E-state index >= 15 is 0 Å². The molecule has 0 N–H and O–H groups in total. The van der Waals surface area contributed by atoms with Gasteiger partial charge in [0.05, 0.1) is 6.61 Å². The highest BCUT2D eigenvalue weighted by Gasteiger charge is 2.24. The van der Waals surface area contributed by atoms with Crippen LogP contribution < -0.4 is 0 Å². The summed E-state index contributed by atoms with van der Waals surface area (Å²) in [7, 11) is 0. The first-order valence-corrected chi connectivity index (χ1v) is 8.58. The number of carbonyl (C=O) groups is 1. The smallest absolute Gasteiger partial charge is 0.360 e. The fourth-order valence-corrected chi connectivity index (χ4v) is 3.07. The minimum Gasteiger partial charge on any atom is -0.461 e. The first-order valence-electron chi connectivity index (χ1n) is 8.58. The number of ether oxygens (including phenoxy) is 1. The lowest BCUT2D eigenvalue weighted by atomic mass is 9.96. The van der Waals surface area contributed by atoms with E-state index in [1.165, 1.54) is 24.8 Å². The Morgan fingerprint density at radius 3 is 2.52 bits per heavy atom. The van der Waals surface area contributed by atoms with E-state index in [2.05, 4.69) is 29.2 Å². The van der Waals surface area contributed by atoms with Crippen LogP contribution in [0.5, 0.6) is 0 Å². The van der Waals surface area contributed by atoms with Gasteiger partial charge < -0.3 is 9.15 Å². The number of hydrogen-bond donors (Lipinski definition) is 0. The van der Waals surface area contributed by atoms with Crippen molar-refractivity contribution in [1.82, 2.24) is 4.98 Å². The van der Waals surface area contributed by atoms with Crippen LogP contribution in [0.3, 0.4) is 0 Å². The lowest BCUT2D eigenvalue weighted by Gasteiger charge is -2.09. The van der Waals surface area contributed by atoms with Crippen molar-refractivity contribution in [3.63, 3.8) is 0 Å². The van der Waals surface area contributed by atoms with E-state index in [-0.39, 0.29) is 5.69 Å². The highest BCUT2D eigenvalue weighted by atomic mass is 16.5. The summed E-state index contributed by atoms with van der Waals surface area (Å²) in [5.41, 5.74) is 4.54. The Morgan fingerprint density at radius 1 is 1.12 bits per heavy atom. The summed E-state index contributed by atoms with van der Waals surface area (Å²) < 4.78 is 10.6. The Morgan fingerprint density at radius 2 is 1.84 bits per heavy atom. The van der Waals surface area contributed by atoms with Crippen LogP contribution in [0, 0.1) is 0 Å². The highest BCUT2D eigenvalue weighted by molar-refractivity contribution is 5.96. The van der Waals surface area contributed by atoms with E-state index in [0.29, 0.717) is 12.4 Å². The van der Waals surface area contributed by atoms with Crippen LogP contribution >= 0.6 is 0 Å². The largest absolute Gasteiger partial charge is 0.461 e. The van der Waals surface area contributed by atoms with Crippen molar-refractivity contribution in [3.05, 3.63) is 66.2 Å². The van der Waals surface area contributed by atoms with Gasteiger partial charge in [0.15, 0.2) is 17.8 Å². The van der Waals surface area contributed by atoms with Gasteiger partial charge in [0.25, 0.3) is 0 Å². The second kappa shape index (κ2) is 6.55. The third-order valence-electron chi connectivity index (χ3n) is 4.48. The van der Waals surface area contributed by atoms with Crippen molar-refractivity contribution in [2.75, 3.05) is 6.61 Å². The van der Waals surface area contributed by atoms with E-state index in [1.54, 1.807) is 6.92 Å². The van der Waals surface area contributed by atoms with Crippen LogP contribution in [0.25, 0.3) is 22.5 Å². The zero-order valence-electron chi connectivity index (χ0n) is 14.1. The summed E-state index contributed by atoms with van der Waals surface area (Å²) in [4.78, 5) is 16.2. The van der Waals surface area contributed by atoms with E-state index in [0.717, 1.165) is 22.6 Å². The quantitative estimate of drug-likeness (QED) is 0.612. The fourth-order valence-electron chi connectivity index (χ4n) is 3.07. The van der Waals surface area contributed by atoms with Crippen molar-refractivity contribution in [1.29, 1.82) is 0 Å². The predicted molar refractivity (Wildman–Crippen MR) is 95.3 cm³/mol. The van der Waals surface area contributed by atoms with E-state index in [9.17, 15) is 4.79 Å². The molecule has 4 heteroatoms. The summed E-state index contributed by atoms with van der Waals surface area (Å²) in [6.07, 6.45) is 3.86. The average molecular weight is 333 g/mol. The molecule has 1 aliphatic carbocycles. The number of aromatic nitrogens is 1. The number of carbonyl (C=O) groups excluding carboxylic acids is 1. The van der Waals surface area contributed by atoms with E-state index < -0.39 is 5.97 Å². The zero-order valence-corrected chi connectivity index (χ0v) is 14.1. The van der Waals surface area contributed by atoms with Crippen molar-refractivity contribution in [2.45, 2.75) is 25.7 Å². The molecule has 4 rings (SSSR count). The molecular formula is C21H19NO3. The number of esters is 1. The molecule has 126 valence electrons. The molecule has 1 aliphatic rings. The molecule has 1 saturated carbocycles. The van der Waals surface area contributed by atoms with Crippen molar-refractivity contribution < 1.29 is 13.9 Å². The molecule has 25 heavy (non-hydrogen) atoms. The first-order chi connectivity index (χ1) is 12.3. The summed E-state index contributed by atoms with van der Waals surface area (Å²) in [6.45, 7) is 2.07. The predicted octanol–water partition coefficient (Wildman–Crippen LogP) is 5.06. The second-order valence-electron chi connectivity index (χ2n) is 6.19. The third kappa shape index (κ3) is 3.07. The highest BCUT2D eigenvalue weighted by Crippen LogP contribution is 2.41. The lowest BCUT2D eigenvalue weighted by Crippen LogP contribution is -2.06. The Labute approximate surface area is 146 Å². The van der Waals surface area contributed by atoms with Crippen LogP contribution in [0.4, 0.5) is 0 Å². The van der Waals surface area contributed by atoms with Gasteiger partial charge in [0.1, 0.15) is 0 Å². The number of nitrogens with zero attached hydrogens (tertiary/aromatic N) is 1. The fraction of sp³-hybridized carbons (Fsp3) is 0.238. The van der Waals surface area contributed by atoms with Crippen LogP contribution in [0.1, 0.15) is 41.7 Å². The number of hydrogen-bond acceptors (Lipinski definition) is 4. The Bertz CT molecular complexity index is 892.